The molecule has 26 heavy (non-hydrogen) atoms. The van der Waals surface area contributed by atoms with E-state index in [2.05, 4.69) is 42.4 Å². The molecule has 0 bridgehead atoms. The van der Waals surface area contributed by atoms with Gasteiger partial charge in [-0.25, -0.2) is 9.97 Å². The highest BCUT2D eigenvalue weighted by atomic mass is 35.5. The third-order valence-corrected chi connectivity index (χ3v) is 5.09. The largest absolute Gasteiger partial charge is 0.411 e. The van der Waals surface area contributed by atoms with E-state index in [0.717, 1.165) is 44.1 Å². The Morgan fingerprint density at radius 3 is 2.27 bits per heavy atom. The lowest BCUT2D eigenvalue weighted by Crippen LogP contribution is -2.08. The normalized spacial score (nSPS) is 12.2. The van der Waals surface area contributed by atoms with E-state index in [-0.39, 0.29) is 0 Å². The van der Waals surface area contributed by atoms with Gasteiger partial charge in [0, 0.05) is 10.7 Å². The zero-order chi connectivity index (χ0) is 19.2. The van der Waals surface area contributed by atoms with Crippen molar-refractivity contribution in [1.29, 1.82) is 0 Å². The summed E-state index contributed by atoms with van der Waals surface area (Å²) in [6.45, 7) is 12.0. The van der Waals surface area contributed by atoms with E-state index >= 15 is 0 Å². The SMILES string of the molecule is CCC(=NO)c1nc(C)nc2c1c(C)c(C)n2-c1c(C)cc(Cl)cc1C. The van der Waals surface area contributed by atoms with Gasteiger partial charge in [-0.2, -0.15) is 0 Å². The molecule has 0 saturated heterocycles. The summed E-state index contributed by atoms with van der Waals surface area (Å²) in [6.07, 6.45) is 0.588. The first-order valence-electron chi connectivity index (χ1n) is 8.64. The Kier molecular flexibility index (Phi) is 4.76. The van der Waals surface area contributed by atoms with E-state index in [1.54, 1.807) is 0 Å². The first kappa shape index (κ1) is 18.4. The van der Waals surface area contributed by atoms with Crippen molar-refractivity contribution in [3.05, 3.63) is 51.1 Å². The van der Waals surface area contributed by atoms with Gasteiger partial charge in [0.1, 0.15) is 22.9 Å². The summed E-state index contributed by atoms with van der Waals surface area (Å²) in [4.78, 5) is 9.31. The molecule has 136 valence electrons. The lowest BCUT2D eigenvalue weighted by molar-refractivity contribution is 0.318. The predicted molar refractivity (Wildman–Crippen MR) is 106 cm³/mol. The van der Waals surface area contributed by atoms with Gasteiger partial charge in [-0.15, -0.1) is 0 Å². The van der Waals surface area contributed by atoms with Crippen LogP contribution in [0.5, 0.6) is 0 Å². The van der Waals surface area contributed by atoms with E-state index in [9.17, 15) is 5.21 Å². The third-order valence-electron chi connectivity index (χ3n) is 4.88. The summed E-state index contributed by atoms with van der Waals surface area (Å²) in [7, 11) is 0. The van der Waals surface area contributed by atoms with Crippen LogP contribution in [0.25, 0.3) is 16.7 Å². The molecule has 0 unspecified atom stereocenters. The molecule has 0 atom stereocenters. The topological polar surface area (TPSA) is 63.3 Å². The Morgan fingerprint density at radius 2 is 1.73 bits per heavy atom. The van der Waals surface area contributed by atoms with Crippen molar-refractivity contribution >= 4 is 28.3 Å². The van der Waals surface area contributed by atoms with Crippen molar-refractivity contribution in [1.82, 2.24) is 14.5 Å². The lowest BCUT2D eigenvalue weighted by atomic mass is 10.1. The van der Waals surface area contributed by atoms with Crippen molar-refractivity contribution in [3.63, 3.8) is 0 Å². The molecule has 0 amide bonds. The molecule has 3 rings (SSSR count). The van der Waals surface area contributed by atoms with Crippen molar-refractivity contribution in [2.75, 3.05) is 0 Å². The summed E-state index contributed by atoms with van der Waals surface area (Å²) in [5.41, 5.74) is 7.49. The minimum atomic E-state index is 0.560. The van der Waals surface area contributed by atoms with E-state index in [4.69, 9.17) is 16.6 Å². The number of hydrogen-bond donors (Lipinski definition) is 1. The fourth-order valence-corrected chi connectivity index (χ4v) is 3.92. The quantitative estimate of drug-likeness (QED) is 0.391. The second kappa shape index (κ2) is 6.72. The summed E-state index contributed by atoms with van der Waals surface area (Å²) < 4.78 is 2.16. The first-order valence-corrected chi connectivity index (χ1v) is 9.02. The minimum Gasteiger partial charge on any atom is -0.411 e. The molecule has 1 N–H and O–H groups in total. The number of benzene rings is 1. The number of fused-ring (bicyclic) bond motifs is 1. The van der Waals surface area contributed by atoms with Crippen molar-refractivity contribution in [2.45, 2.75) is 48.0 Å². The van der Waals surface area contributed by atoms with Gasteiger partial charge in [0.2, 0.25) is 0 Å². The number of halogens is 1. The molecule has 3 aromatic rings. The summed E-state index contributed by atoms with van der Waals surface area (Å²) in [6, 6.07) is 3.93. The van der Waals surface area contributed by atoms with Crippen LogP contribution in [0.1, 0.15) is 47.2 Å². The molecule has 5 nitrogen and oxygen atoms in total. The number of oxime groups is 1. The molecule has 0 aliphatic heterocycles. The van der Waals surface area contributed by atoms with Gasteiger partial charge in [0.15, 0.2) is 0 Å². The van der Waals surface area contributed by atoms with E-state index in [0.29, 0.717) is 23.7 Å². The van der Waals surface area contributed by atoms with Gasteiger partial charge < -0.3 is 5.21 Å². The van der Waals surface area contributed by atoms with Crippen molar-refractivity contribution in [2.24, 2.45) is 5.16 Å². The fraction of sp³-hybridized carbons (Fsp3) is 0.350. The zero-order valence-electron chi connectivity index (χ0n) is 16.0. The number of nitrogens with zero attached hydrogens (tertiary/aromatic N) is 4. The third kappa shape index (κ3) is 2.76. The second-order valence-electron chi connectivity index (χ2n) is 6.65. The average Bonchev–Trinajstić information content (AvgIpc) is 2.80. The Hall–Kier alpha value is -2.40. The maximum Gasteiger partial charge on any atom is 0.149 e. The predicted octanol–water partition coefficient (Wildman–Crippen LogP) is 5.20. The molecular weight excluding hydrogens is 348 g/mol. The van der Waals surface area contributed by atoms with Crippen LogP contribution in [0.15, 0.2) is 17.3 Å². The van der Waals surface area contributed by atoms with Crippen molar-refractivity contribution in [3.8, 4) is 5.69 Å². The van der Waals surface area contributed by atoms with E-state index < -0.39 is 0 Å². The molecule has 0 aliphatic carbocycles. The second-order valence-corrected chi connectivity index (χ2v) is 7.09. The van der Waals surface area contributed by atoms with Crippen molar-refractivity contribution < 1.29 is 5.21 Å². The van der Waals surface area contributed by atoms with Crippen LogP contribution in [-0.4, -0.2) is 25.5 Å². The molecular formula is C20H23ClN4O. The van der Waals surface area contributed by atoms with Gasteiger partial charge in [-0.1, -0.05) is 23.7 Å². The maximum absolute atomic E-state index is 9.44. The summed E-state index contributed by atoms with van der Waals surface area (Å²) in [5, 5.41) is 14.6. The van der Waals surface area contributed by atoms with Crippen LogP contribution in [0.3, 0.4) is 0 Å². The minimum absolute atomic E-state index is 0.560. The van der Waals surface area contributed by atoms with Gasteiger partial charge >= 0.3 is 0 Å². The van der Waals surface area contributed by atoms with E-state index in [1.807, 2.05) is 26.0 Å². The fourth-order valence-electron chi connectivity index (χ4n) is 3.60. The Bertz CT molecular complexity index is 1030. The Labute approximate surface area is 158 Å². The van der Waals surface area contributed by atoms with Gasteiger partial charge in [0.25, 0.3) is 0 Å². The van der Waals surface area contributed by atoms with Gasteiger partial charge in [-0.05, 0) is 69.9 Å². The van der Waals surface area contributed by atoms with Crippen LogP contribution < -0.4 is 0 Å². The average molecular weight is 371 g/mol. The molecule has 1 aromatic carbocycles. The first-order chi connectivity index (χ1) is 12.3. The summed E-state index contributed by atoms with van der Waals surface area (Å²) >= 11 is 6.22. The lowest BCUT2D eigenvalue weighted by Gasteiger charge is -2.15. The van der Waals surface area contributed by atoms with Gasteiger partial charge in [0.05, 0.1) is 11.1 Å². The monoisotopic (exact) mass is 370 g/mol. The van der Waals surface area contributed by atoms with Crippen LogP contribution in [0.2, 0.25) is 5.02 Å². The molecule has 0 saturated carbocycles. The molecule has 0 spiro atoms. The summed E-state index contributed by atoms with van der Waals surface area (Å²) in [5.74, 6) is 0.644. The van der Waals surface area contributed by atoms with Gasteiger partial charge in [-0.3, -0.25) is 4.57 Å². The molecule has 0 radical (unpaired) electrons. The smallest absolute Gasteiger partial charge is 0.149 e. The Morgan fingerprint density at radius 1 is 1.12 bits per heavy atom. The standard InChI is InChI=1S/C20H23ClN4O/c1-7-16(24-26)18-17-12(4)13(5)25(20(17)23-14(6)22-18)19-10(2)8-15(21)9-11(19)3/h8-9,26H,7H2,1-6H3. The number of hydrogen-bond acceptors (Lipinski definition) is 4. The number of rotatable bonds is 3. The highest BCUT2D eigenvalue weighted by Crippen LogP contribution is 2.33. The van der Waals surface area contributed by atoms with Crippen LogP contribution >= 0.6 is 11.6 Å². The molecule has 2 heterocycles. The van der Waals surface area contributed by atoms with Crippen LogP contribution in [-0.2, 0) is 0 Å². The molecule has 0 aliphatic rings. The highest BCUT2D eigenvalue weighted by molar-refractivity contribution is 6.30. The number of aryl methyl sites for hydroxylation is 4. The molecule has 2 aromatic heterocycles. The van der Waals surface area contributed by atoms with Crippen LogP contribution in [0.4, 0.5) is 0 Å². The zero-order valence-corrected chi connectivity index (χ0v) is 16.7. The van der Waals surface area contributed by atoms with Crippen LogP contribution in [0, 0.1) is 34.6 Å². The maximum atomic E-state index is 9.44. The highest BCUT2D eigenvalue weighted by Gasteiger charge is 2.22. The molecule has 6 heteroatoms. The van der Waals surface area contributed by atoms with E-state index in [1.165, 1.54) is 0 Å². The number of aromatic nitrogens is 3. The Balaban J connectivity index is 2.49. The molecule has 0 fully saturated rings.